The van der Waals surface area contributed by atoms with Crippen molar-refractivity contribution in [2.45, 2.75) is 26.4 Å². The zero-order chi connectivity index (χ0) is 9.90. The van der Waals surface area contributed by atoms with Crippen molar-refractivity contribution in [3.8, 4) is 0 Å². The molecule has 0 aliphatic rings. The Labute approximate surface area is 78.0 Å². The van der Waals surface area contributed by atoms with Gasteiger partial charge in [-0.2, -0.15) is 5.10 Å². The maximum atomic E-state index is 9.42. The molecule has 0 atom stereocenters. The zero-order valence-corrected chi connectivity index (χ0v) is 8.20. The van der Waals surface area contributed by atoms with Crippen LogP contribution in [0.1, 0.15) is 19.5 Å². The van der Waals surface area contributed by atoms with E-state index in [4.69, 9.17) is 0 Å². The summed E-state index contributed by atoms with van der Waals surface area (Å²) in [5.74, 6) is 0.688. The molecule has 2 N–H and O–H groups in total. The van der Waals surface area contributed by atoms with E-state index in [1.54, 1.807) is 13.8 Å². The summed E-state index contributed by atoms with van der Waals surface area (Å²) in [6, 6.07) is 3.72. The molecule has 1 aromatic rings. The average molecular weight is 181 g/mol. The number of nitrogens with one attached hydrogen (secondary N) is 1. The van der Waals surface area contributed by atoms with Crippen LogP contribution in [0.5, 0.6) is 0 Å². The molecule has 1 heterocycles. The van der Waals surface area contributed by atoms with Gasteiger partial charge in [-0.15, -0.1) is 5.10 Å². The molecule has 0 aliphatic carbocycles. The second-order valence-corrected chi connectivity index (χ2v) is 3.73. The molecule has 0 amide bonds. The zero-order valence-electron chi connectivity index (χ0n) is 8.20. The van der Waals surface area contributed by atoms with E-state index in [0.29, 0.717) is 12.4 Å². The van der Waals surface area contributed by atoms with Crippen LogP contribution >= 0.6 is 0 Å². The summed E-state index contributed by atoms with van der Waals surface area (Å²) >= 11 is 0. The van der Waals surface area contributed by atoms with Gasteiger partial charge >= 0.3 is 0 Å². The highest BCUT2D eigenvalue weighted by Crippen LogP contribution is 2.05. The molecule has 0 saturated heterocycles. The number of anilines is 1. The first-order valence-corrected chi connectivity index (χ1v) is 4.24. The van der Waals surface area contributed by atoms with Crippen molar-refractivity contribution in [1.82, 2.24) is 10.2 Å². The number of aryl methyl sites for hydroxylation is 1. The van der Waals surface area contributed by atoms with Crippen molar-refractivity contribution in [1.29, 1.82) is 0 Å². The van der Waals surface area contributed by atoms with Crippen molar-refractivity contribution >= 4 is 5.82 Å². The molecule has 4 nitrogen and oxygen atoms in total. The van der Waals surface area contributed by atoms with Crippen LogP contribution in [0.2, 0.25) is 0 Å². The number of rotatable bonds is 3. The summed E-state index contributed by atoms with van der Waals surface area (Å²) in [6.45, 7) is 5.82. The molecular formula is C9H15N3O. The average Bonchev–Trinajstić information content (AvgIpc) is 2.02. The molecule has 0 aliphatic heterocycles. The van der Waals surface area contributed by atoms with Crippen molar-refractivity contribution in [2.75, 3.05) is 11.9 Å². The first-order chi connectivity index (χ1) is 5.97. The monoisotopic (exact) mass is 181 g/mol. The van der Waals surface area contributed by atoms with Crippen LogP contribution in [0, 0.1) is 6.92 Å². The van der Waals surface area contributed by atoms with Crippen LogP contribution in [-0.2, 0) is 0 Å². The fourth-order valence-corrected chi connectivity index (χ4v) is 0.800. The van der Waals surface area contributed by atoms with Crippen LogP contribution in [0.25, 0.3) is 0 Å². The van der Waals surface area contributed by atoms with Gasteiger partial charge in [0.25, 0.3) is 0 Å². The minimum Gasteiger partial charge on any atom is -0.389 e. The highest BCUT2D eigenvalue weighted by atomic mass is 16.3. The Morgan fingerprint density at radius 2 is 2.08 bits per heavy atom. The Hall–Kier alpha value is -1.16. The predicted molar refractivity (Wildman–Crippen MR) is 51.6 cm³/mol. The lowest BCUT2D eigenvalue weighted by atomic mass is 10.1. The summed E-state index contributed by atoms with van der Waals surface area (Å²) in [4.78, 5) is 0. The number of aliphatic hydroxyl groups is 1. The summed E-state index contributed by atoms with van der Waals surface area (Å²) < 4.78 is 0. The summed E-state index contributed by atoms with van der Waals surface area (Å²) in [5.41, 5.74) is 0.154. The van der Waals surface area contributed by atoms with Crippen molar-refractivity contribution in [2.24, 2.45) is 0 Å². The number of hydrogen-bond acceptors (Lipinski definition) is 4. The molecule has 1 aromatic heterocycles. The fourth-order valence-electron chi connectivity index (χ4n) is 0.800. The van der Waals surface area contributed by atoms with Crippen LogP contribution < -0.4 is 5.32 Å². The molecule has 4 heteroatoms. The summed E-state index contributed by atoms with van der Waals surface area (Å²) in [7, 11) is 0. The number of hydrogen-bond donors (Lipinski definition) is 2. The van der Waals surface area contributed by atoms with E-state index in [-0.39, 0.29) is 0 Å². The molecule has 0 spiro atoms. The Bertz CT molecular complexity index is 263. The van der Waals surface area contributed by atoms with Crippen molar-refractivity contribution in [3.63, 3.8) is 0 Å². The van der Waals surface area contributed by atoms with Gasteiger partial charge in [0.2, 0.25) is 0 Å². The molecule has 1 rings (SSSR count). The first-order valence-electron chi connectivity index (χ1n) is 4.24. The SMILES string of the molecule is Cc1ccc(NCC(C)(C)O)nn1. The minimum atomic E-state index is -0.730. The van der Waals surface area contributed by atoms with Crippen molar-refractivity contribution < 1.29 is 5.11 Å². The van der Waals surface area contributed by atoms with E-state index >= 15 is 0 Å². The first kappa shape index (κ1) is 9.92. The fraction of sp³-hybridized carbons (Fsp3) is 0.556. The van der Waals surface area contributed by atoms with E-state index in [9.17, 15) is 5.11 Å². The van der Waals surface area contributed by atoms with E-state index in [1.165, 1.54) is 0 Å². The van der Waals surface area contributed by atoms with Gasteiger partial charge in [0.1, 0.15) is 5.82 Å². The Morgan fingerprint density at radius 1 is 1.38 bits per heavy atom. The molecular weight excluding hydrogens is 166 g/mol. The van der Waals surface area contributed by atoms with Crippen LogP contribution in [0.4, 0.5) is 5.82 Å². The topological polar surface area (TPSA) is 58.0 Å². The normalized spacial score (nSPS) is 11.4. The third-order valence-electron chi connectivity index (χ3n) is 1.50. The Balaban J connectivity index is 2.51. The van der Waals surface area contributed by atoms with Gasteiger partial charge in [0.05, 0.1) is 11.3 Å². The summed E-state index contributed by atoms with van der Waals surface area (Å²) in [6.07, 6.45) is 0. The molecule has 13 heavy (non-hydrogen) atoms. The third-order valence-corrected chi connectivity index (χ3v) is 1.50. The largest absolute Gasteiger partial charge is 0.389 e. The van der Waals surface area contributed by atoms with Gasteiger partial charge in [-0.05, 0) is 32.9 Å². The van der Waals surface area contributed by atoms with Gasteiger partial charge in [-0.1, -0.05) is 0 Å². The maximum Gasteiger partial charge on any atom is 0.148 e. The highest BCUT2D eigenvalue weighted by molar-refractivity contribution is 5.33. The molecule has 0 bridgehead atoms. The van der Waals surface area contributed by atoms with E-state index in [0.717, 1.165) is 5.69 Å². The Kier molecular flexibility index (Phi) is 2.83. The molecule has 0 aromatic carbocycles. The lowest BCUT2D eigenvalue weighted by Gasteiger charge is -2.17. The van der Waals surface area contributed by atoms with E-state index in [2.05, 4.69) is 15.5 Å². The second-order valence-electron chi connectivity index (χ2n) is 3.73. The quantitative estimate of drug-likeness (QED) is 0.729. The Morgan fingerprint density at radius 3 is 2.54 bits per heavy atom. The van der Waals surface area contributed by atoms with Crippen LogP contribution in [0.15, 0.2) is 12.1 Å². The van der Waals surface area contributed by atoms with Gasteiger partial charge in [-0.25, -0.2) is 0 Å². The molecule has 72 valence electrons. The lowest BCUT2D eigenvalue weighted by molar-refractivity contribution is 0.0944. The van der Waals surface area contributed by atoms with Crippen molar-refractivity contribution in [3.05, 3.63) is 17.8 Å². The van der Waals surface area contributed by atoms with E-state index < -0.39 is 5.60 Å². The molecule has 0 radical (unpaired) electrons. The number of nitrogens with zero attached hydrogens (tertiary/aromatic N) is 2. The summed E-state index contributed by atoms with van der Waals surface area (Å²) in [5, 5.41) is 20.2. The minimum absolute atomic E-state index is 0.463. The highest BCUT2D eigenvalue weighted by Gasteiger charge is 2.11. The second kappa shape index (κ2) is 3.70. The van der Waals surface area contributed by atoms with Crippen LogP contribution in [0.3, 0.4) is 0 Å². The predicted octanol–water partition coefficient (Wildman–Crippen LogP) is 0.968. The van der Waals surface area contributed by atoms with Gasteiger partial charge < -0.3 is 10.4 Å². The van der Waals surface area contributed by atoms with Gasteiger partial charge in [-0.3, -0.25) is 0 Å². The molecule has 0 unspecified atom stereocenters. The van der Waals surface area contributed by atoms with E-state index in [1.807, 2.05) is 19.1 Å². The lowest BCUT2D eigenvalue weighted by Crippen LogP contribution is -2.29. The molecule has 0 fully saturated rings. The standard InChI is InChI=1S/C9H15N3O/c1-7-4-5-8(12-11-7)10-6-9(2,3)13/h4-5,13H,6H2,1-3H3,(H,10,12). The van der Waals surface area contributed by atoms with Gasteiger partial charge in [0.15, 0.2) is 0 Å². The molecule has 0 saturated carbocycles. The third kappa shape index (κ3) is 3.85. The maximum absolute atomic E-state index is 9.42. The number of aromatic nitrogens is 2. The smallest absolute Gasteiger partial charge is 0.148 e. The van der Waals surface area contributed by atoms with Gasteiger partial charge in [0, 0.05) is 6.54 Å². The van der Waals surface area contributed by atoms with Crippen LogP contribution in [-0.4, -0.2) is 27.4 Å².